The number of fused-ring (bicyclic) bond motifs is 1. The molecule has 154 valence electrons. The highest BCUT2D eigenvalue weighted by atomic mass is 32.1. The lowest BCUT2D eigenvalue weighted by Gasteiger charge is -2.18. The molecule has 0 unspecified atom stereocenters. The van der Waals surface area contributed by atoms with Crippen molar-refractivity contribution in [3.8, 4) is 17.0 Å². The molecule has 2 aromatic carbocycles. The van der Waals surface area contributed by atoms with Crippen molar-refractivity contribution in [3.63, 3.8) is 0 Å². The Morgan fingerprint density at radius 1 is 1.13 bits per heavy atom. The Morgan fingerprint density at radius 3 is 2.81 bits per heavy atom. The van der Waals surface area contributed by atoms with E-state index in [9.17, 15) is 4.79 Å². The van der Waals surface area contributed by atoms with Crippen molar-refractivity contribution in [3.05, 3.63) is 80.6 Å². The fourth-order valence-electron chi connectivity index (χ4n) is 3.17. The Hall–Kier alpha value is -3.49. The number of carbonyl (C=O) groups is 1. The van der Waals surface area contributed by atoms with Crippen molar-refractivity contribution in [2.24, 2.45) is 10.1 Å². The van der Waals surface area contributed by atoms with Crippen LogP contribution in [0.4, 0.5) is 11.4 Å². The zero-order chi connectivity index (χ0) is 21.2. The quantitative estimate of drug-likeness (QED) is 0.447. The molecule has 0 radical (unpaired) electrons. The number of carbonyl (C=O) groups excluding carboxylic acids is 1. The van der Waals surface area contributed by atoms with Gasteiger partial charge in [0.25, 0.3) is 5.91 Å². The summed E-state index contributed by atoms with van der Waals surface area (Å²) >= 11 is 3.16. The van der Waals surface area contributed by atoms with Crippen LogP contribution in [0.1, 0.15) is 10.4 Å². The summed E-state index contributed by atoms with van der Waals surface area (Å²) in [6.07, 6.45) is 1.86. The first-order chi connectivity index (χ1) is 15.2. The first-order valence-electron chi connectivity index (χ1n) is 9.63. The van der Waals surface area contributed by atoms with E-state index in [1.807, 2.05) is 64.8 Å². The number of ether oxygens (including phenoxy) is 1. The molecule has 4 aromatic rings. The largest absolute Gasteiger partial charge is 0.482 e. The van der Waals surface area contributed by atoms with Gasteiger partial charge in [-0.05, 0) is 54.3 Å². The summed E-state index contributed by atoms with van der Waals surface area (Å²) in [5, 5.41) is 11.7. The number of rotatable bonds is 4. The lowest BCUT2D eigenvalue weighted by molar-refractivity contribution is -0.118. The van der Waals surface area contributed by atoms with Crippen molar-refractivity contribution < 1.29 is 9.53 Å². The Labute approximate surface area is 186 Å². The van der Waals surface area contributed by atoms with E-state index in [-0.39, 0.29) is 12.5 Å². The van der Waals surface area contributed by atoms with Gasteiger partial charge in [-0.15, -0.1) is 22.7 Å². The second-order valence-electron chi connectivity index (χ2n) is 6.92. The fraction of sp³-hybridized carbons (Fsp3) is 0.0870. The van der Waals surface area contributed by atoms with Crippen molar-refractivity contribution in [1.82, 2.24) is 4.68 Å². The van der Waals surface area contributed by atoms with Crippen LogP contribution in [0.25, 0.3) is 11.3 Å². The highest BCUT2D eigenvalue weighted by molar-refractivity contribution is 7.11. The third-order valence-electron chi connectivity index (χ3n) is 4.77. The highest BCUT2D eigenvalue weighted by Gasteiger charge is 2.18. The minimum Gasteiger partial charge on any atom is -0.482 e. The number of para-hydroxylation sites is 1. The highest BCUT2D eigenvalue weighted by Crippen LogP contribution is 2.33. The Morgan fingerprint density at radius 2 is 2.00 bits per heavy atom. The Balaban J connectivity index is 1.63. The number of nitrogens with zero attached hydrogens (tertiary/aromatic N) is 3. The molecule has 31 heavy (non-hydrogen) atoms. The lowest BCUT2D eigenvalue weighted by Crippen LogP contribution is -2.25. The maximum absolute atomic E-state index is 11.7. The van der Waals surface area contributed by atoms with Crippen LogP contribution in [0, 0.1) is 6.92 Å². The number of hydrogen-bond donors (Lipinski definition) is 1. The first-order valence-corrected chi connectivity index (χ1v) is 11.4. The van der Waals surface area contributed by atoms with Gasteiger partial charge in [-0.25, -0.2) is 9.67 Å². The number of amides is 1. The molecule has 1 amide bonds. The first kappa shape index (κ1) is 19.5. The van der Waals surface area contributed by atoms with Crippen LogP contribution >= 0.6 is 22.7 Å². The minimum absolute atomic E-state index is 0.0371. The average molecular weight is 447 g/mol. The molecule has 0 saturated carbocycles. The number of thiophene rings is 1. The number of benzene rings is 2. The van der Waals surface area contributed by atoms with Gasteiger partial charge in [0.05, 0.1) is 28.2 Å². The number of anilines is 1. The van der Waals surface area contributed by atoms with E-state index in [1.165, 1.54) is 16.9 Å². The topological polar surface area (TPSA) is 68.0 Å². The molecule has 0 fully saturated rings. The standard InChI is InChI=1S/C23H18N4O2S2/c1-15-9-10-30-21(15)12-24-27-19(14-31-23(27)25-17-5-3-2-4-6-17)16-7-8-20-18(11-16)26-22(28)13-29-20/h2-12,14H,13H2,1H3,(H,26,28). The van der Waals surface area contributed by atoms with Gasteiger partial charge in [-0.2, -0.15) is 5.10 Å². The summed E-state index contributed by atoms with van der Waals surface area (Å²) in [5.74, 6) is 0.505. The normalized spacial score (nSPS) is 13.8. The molecule has 3 heterocycles. The van der Waals surface area contributed by atoms with Crippen LogP contribution in [0.3, 0.4) is 0 Å². The van der Waals surface area contributed by atoms with Crippen molar-refractivity contribution in [2.75, 3.05) is 11.9 Å². The number of hydrogen-bond acceptors (Lipinski definition) is 6. The van der Waals surface area contributed by atoms with Crippen LogP contribution in [0.15, 0.2) is 75.5 Å². The van der Waals surface area contributed by atoms with Gasteiger partial charge in [-0.1, -0.05) is 18.2 Å². The van der Waals surface area contributed by atoms with Crippen molar-refractivity contribution >= 4 is 46.2 Å². The van der Waals surface area contributed by atoms with E-state index in [4.69, 9.17) is 14.8 Å². The zero-order valence-corrected chi connectivity index (χ0v) is 18.2. The molecule has 1 aliphatic rings. The molecule has 0 bridgehead atoms. The summed E-state index contributed by atoms with van der Waals surface area (Å²) in [6, 6.07) is 17.6. The number of thiazole rings is 1. The maximum atomic E-state index is 11.7. The zero-order valence-electron chi connectivity index (χ0n) is 16.6. The second-order valence-corrected chi connectivity index (χ2v) is 8.71. The van der Waals surface area contributed by atoms with Gasteiger partial charge in [0.1, 0.15) is 5.75 Å². The number of aromatic nitrogens is 1. The van der Waals surface area contributed by atoms with Gasteiger partial charge >= 0.3 is 0 Å². The third-order valence-corrected chi connectivity index (χ3v) is 6.54. The van der Waals surface area contributed by atoms with Gasteiger partial charge < -0.3 is 10.1 Å². The lowest BCUT2D eigenvalue weighted by atomic mass is 10.1. The Kier molecular flexibility index (Phi) is 5.23. The second kappa shape index (κ2) is 8.33. The molecular weight excluding hydrogens is 428 g/mol. The summed E-state index contributed by atoms with van der Waals surface area (Å²) < 4.78 is 7.33. The van der Waals surface area contributed by atoms with Crippen LogP contribution in [-0.4, -0.2) is 23.4 Å². The molecule has 0 saturated heterocycles. The monoisotopic (exact) mass is 446 g/mol. The van der Waals surface area contributed by atoms with E-state index < -0.39 is 0 Å². The molecule has 0 aliphatic carbocycles. The van der Waals surface area contributed by atoms with Gasteiger partial charge in [0.15, 0.2) is 6.61 Å². The summed E-state index contributed by atoms with van der Waals surface area (Å²) in [4.78, 5) is 18.4. The summed E-state index contributed by atoms with van der Waals surface area (Å²) in [5.41, 5.74) is 4.49. The minimum atomic E-state index is -0.159. The molecular formula is C23H18N4O2S2. The van der Waals surface area contributed by atoms with E-state index in [2.05, 4.69) is 23.7 Å². The van der Waals surface area contributed by atoms with E-state index >= 15 is 0 Å². The smallest absolute Gasteiger partial charge is 0.262 e. The molecule has 0 atom stereocenters. The van der Waals surface area contributed by atoms with Gasteiger partial charge in [-0.3, -0.25) is 4.79 Å². The van der Waals surface area contributed by atoms with E-state index in [0.29, 0.717) is 11.4 Å². The molecule has 1 N–H and O–H groups in total. The van der Waals surface area contributed by atoms with Gasteiger partial charge in [0, 0.05) is 10.9 Å². The van der Waals surface area contributed by atoms with E-state index in [0.717, 1.165) is 26.6 Å². The fourth-order valence-corrected chi connectivity index (χ4v) is 4.81. The van der Waals surface area contributed by atoms with Crippen LogP contribution in [0.2, 0.25) is 0 Å². The van der Waals surface area contributed by atoms with Crippen LogP contribution in [-0.2, 0) is 4.79 Å². The Bertz CT molecular complexity index is 1350. The molecule has 6 nitrogen and oxygen atoms in total. The molecule has 8 heteroatoms. The van der Waals surface area contributed by atoms with Crippen molar-refractivity contribution in [2.45, 2.75) is 6.92 Å². The predicted molar refractivity (Wildman–Crippen MR) is 126 cm³/mol. The third kappa shape index (κ3) is 4.08. The molecule has 0 spiro atoms. The molecule has 5 rings (SSSR count). The van der Waals surface area contributed by atoms with E-state index in [1.54, 1.807) is 11.3 Å². The predicted octanol–water partition coefficient (Wildman–Crippen LogP) is 5.03. The average Bonchev–Trinajstić information content (AvgIpc) is 3.38. The maximum Gasteiger partial charge on any atom is 0.262 e. The molecule has 2 aromatic heterocycles. The SMILES string of the molecule is Cc1ccsc1C=Nn1c(-c2ccc3c(c2)NC(=O)CO3)csc1=Nc1ccccc1. The van der Waals surface area contributed by atoms with Gasteiger partial charge in [0.2, 0.25) is 4.80 Å². The number of nitrogens with one attached hydrogen (secondary N) is 1. The summed E-state index contributed by atoms with van der Waals surface area (Å²) in [6.45, 7) is 2.10. The summed E-state index contributed by atoms with van der Waals surface area (Å²) in [7, 11) is 0. The number of aryl methyl sites for hydroxylation is 1. The molecule has 1 aliphatic heterocycles. The van der Waals surface area contributed by atoms with Crippen LogP contribution < -0.4 is 14.9 Å². The van der Waals surface area contributed by atoms with Crippen LogP contribution in [0.5, 0.6) is 5.75 Å². The van der Waals surface area contributed by atoms with Crippen molar-refractivity contribution in [1.29, 1.82) is 0 Å².